The van der Waals surface area contributed by atoms with E-state index >= 15 is 0 Å². The number of benzene rings is 1. The van der Waals surface area contributed by atoms with Crippen molar-refractivity contribution in [3.63, 3.8) is 0 Å². The fraction of sp³-hybridized carbons (Fsp3) is 0.562. The first-order chi connectivity index (χ1) is 9.37. The Labute approximate surface area is 120 Å². The fourth-order valence-corrected chi connectivity index (χ4v) is 2.90. The summed E-state index contributed by atoms with van der Waals surface area (Å²) < 4.78 is 0. The Balaban J connectivity index is 1.85. The predicted octanol–water partition coefficient (Wildman–Crippen LogP) is 0.830. The lowest BCUT2D eigenvalue weighted by molar-refractivity contribution is -0.126. The summed E-state index contributed by atoms with van der Waals surface area (Å²) in [7, 11) is 3.81. The summed E-state index contributed by atoms with van der Waals surface area (Å²) in [5.74, 6) is 0.0442. The molecule has 1 unspecified atom stereocenters. The molecule has 0 spiro atoms. The van der Waals surface area contributed by atoms with Gasteiger partial charge in [-0.05, 0) is 45.0 Å². The summed E-state index contributed by atoms with van der Waals surface area (Å²) in [6, 6.07) is 8.21. The number of likely N-dealkylation sites (N-methyl/N-ethyl adjacent to an activating group) is 1. The van der Waals surface area contributed by atoms with Crippen LogP contribution in [0.25, 0.3) is 0 Å². The minimum Gasteiger partial charge on any atom is -0.387 e. The quantitative estimate of drug-likeness (QED) is 0.837. The molecular formula is C16H24N2O2. The van der Waals surface area contributed by atoms with Crippen LogP contribution in [0.3, 0.4) is 0 Å². The molecule has 1 aromatic rings. The standard InChI is InChI=1S/C16H24N2O2/c1-16(20,11-18(2)3)10-17-15(19)14-8-12-6-4-5-7-13(12)9-14/h4-7,14,20H,8-11H2,1-3H3,(H,17,19). The van der Waals surface area contributed by atoms with Crippen LogP contribution in [0.5, 0.6) is 0 Å². The van der Waals surface area contributed by atoms with Crippen molar-refractivity contribution < 1.29 is 9.90 Å². The molecule has 0 aliphatic heterocycles. The normalized spacial score (nSPS) is 17.9. The fourth-order valence-electron chi connectivity index (χ4n) is 2.90. The Kier molecular flexibility index (Phi) is 4.45. The summed E-state index contributed by atoms with van der Waals surface area (Å²) >= 11 is 0. The van der Waals surface area contributed by atoms with Gasteiger partial charge in [-0.15, -0.1) is 0 Å². The van der Waals surface area contributed by atoms with Gasteiger partial charge in [-0.25, -0.2) is 0 Å². The molecule has 0 saturated carbocycles. The number of nitrogens with zero attached hydrogens (tertiary/aromatic N) is 1. The first-order valence-electron chi connectivity index (χ1n) is 7.09. The highest BCUT2D eigenvalue weighted by Crippen LogP contribution is 2.26. The molecule has 20 heavy (non-hydrogen) atoms. The maximum atomic E-state index is 12.2. The Hall–Kier alpha value is -1.39. The van der Waals surface area contributed by atoms with E-state index in [9.17, 15) is 9.90 Å². The van der Waals surface area contributed by atoms with Crippen LogP contribution in [0, 0.1) is 5.92 Å². The van der Waals surface area contributed by atoms with E-state index in [-0.39, 0.29) is 18.4 Å². The molecule has 1 aliphatic rings. The second kappa shape index (κ2) is 5.94. The average molecular weight is 276 g/mol. The molecule has 4 heteroatoms. The van der Waals surface area contributed by atoms with Gasteiger partial charge in [-0.1, -0.05) is 24.3 Å². The van der Waals surface area contributed by atoms with Gasteiger partial charge in [0.2, 0.25) is 5.91 Å². The van der Waals surface area contributed by atoms with Gasteiger partial charge in [0.05, 0.1) is 5.60 Å². The molecule has 0 saturated heterocycles. The van der Waals surface area contributed by atoms with Gasteiger partial charge in [0, 0.05) is 19.0 Å². The SMILES string of the molecule is CN(C)CC(C)(O)CNC(=O)C1Cc2ccccc2C1. The van der Waals surface area contributed by atoms with Crippen molar-refractivity contribution in [1.29, 1.82) is 0 Å². The van der Waals surface area contributed by atoms with Crippen LogP contribution >= 0.6 is 0 Å². The molecule has 0 fully saturated rings. The monoisotopic (exact) mass is 276 g/mol. The van der Waals surface area contributed by atoms with Gasteiger partial charge >= 0.3 is 0 Å². The van der Waals surface area contributed by atoms with E-state index in [1.165, 1.54) is 11.1 Å². The van der Waals surface area contributed by atoms with Crippen LogP contribution in [-0.4, -0.2) is 48.7 Å². The van der Waals surface area contributed by atoms with Crippen molar-refractivity contribution >= 4 is 5.91 Å². The Bertz CT molecular complexity index is 458. The highest BCUT2D eigenvalue weighted by Gasteiger charge is 2.29. The number of rotatable bonds is 5. The number of amides is 1. The van der Waals surface area contributed by atoms with Crippen molar-refractivity contribution in [2.24, 2.45) is 5.92 Å². The van der Waals surface area contributed by atoms with Crippen LogP contribution in [0.1, 0.15) is 18.1 Å². The zero-order valence-electron chi connectivity index (χ0n) is 12.5. The Morgan fingerprint density at radius 1 is 1.35 bits per heavy atom. The molecule has 2 rings (SSSR count). The summed E-state index contributed by atoms with van der Waals surface area (Å²) in [6.45, 7) is 2.56. The molecule has 4 nitrogen and oxygen atoms in total. The third-order valence-corrected chi connectivity index (χ3v) is 3.72. The van der Waals surface area contributed by atoms with Crippen molar-refractivity contribution in [3.8, 4) is 0 Å². The van der Waals surface area contributed by atoms with Gasteiger partial charge < -0.3 is 15.3 Å². The third-order valence-electron chi connectivity index (χ3n) is 3.72. The van der Waals surface area contributed by atoms with Crippen LogP contribution in [0.4, 0.5) is 0 Å². The topological polar surface area (TPSA) is 52.6 Å². The van der Waals surface area contributed by atoms with E-state index in [4.69, 9.17) is 0 Å². The number of carbonyl (C=O) groups is 1. The molecule has 1 atom stereocenters. The number of hydrogen-bond donors (Lipinski definition) is 2. The lowest BCUT2D eigenvalue weighted by Crippen LogP contribution is -2.48. The summed E-state index contributed by atoms with van der Waals surface area (Å²) in [5, 5.41) is 13.1. The molecule has 0 aromatic heterocycles. The molecule has 1 amide bonds. The summed E-state index contributed by atoms with van der Waals surface area (Å²) in [4.78, 5) is 14.1. The van der Waals surface area contributed by atoms with Crippen LogP contribution in [-0.2, 0) is 17.6 Å². The minimum atomic E-state index is -0.898. The first kappa shape index (κ1) is 15.0. The number of carbonyl (C=O) groups excluding carboxylic acids is 1. The van der Waals surface area contributed by atoms with E-state index < -0.39 is 5.60 Å². The first-order valence-corrected chi connectivity index (χ1v) is 7.09. The summed E-state index contributed by atoms with van der Waals surface area (Å²) in [5.41, 5.74) is 1.64. The van der Waals surface area contributed by atoms with Gasteiger partial charge in [-0.2, -0.15) is 0 Å². The average Bonchev–Trinajstić information content (AvgIpc) is 2.78. The van der Waals surface area contributed by atoms with Crippen molar-refractivity contribution in [2.75, 3.05) is 27.2 Å². The third kappa shape index (κ3) is 3.81. The van der Waals surface area contributed by atoms with Gasteiger partial charge in [0.1, 0.15) is 0 Å². The molecule has 1 aromatic carbocycles. The van der Waals surface area contributed by atoms with Crippen LogP contribution < -0.4 is 5.32 Å². The number of hydrogen-bond acceptors (Lipinski definition) is 3. The smallest absolute Gasteiger partial charge is 0.223 e. The molecule has 0 heterocycles. The molecular weight excluding hydrogens is 252 g/mol. The Morgan fingerprint density at radius 2 is 1.90 bits per heavy atom. The second-order valence-corrected chi connectivity index (χ2v) is 6.33. The van der Waals surface area contributed by atoms with Crippen molar-refractivity contribution in [2.45, 2.75) is 25.4 Å². The lowest BCUT2D eigenvalue weighted by Gasteiger charge is -2.27. The number of nitrogens with one attached hydrogen (secondary N) is 1. The molecule has 2 N–H and O–H groups in total. The predicted molar refractivity (Wildman–Crippen MR) is 79.5 cm³/mol. The molecule has 110 valence electrons. The van der Waals surface area contributed by atoms with Crippen LogP contribution in [0.15, 0.2) is 24.3 Å². The van der Waals surface area contributed by atoms with Gasteiger partial charge in [0.25, 0.3) is 0 Å². The van der Waals surface area contributed by atoms with E-state index in [1.54, 1.807) is 6.92 Å². The van der Waals surface area contributed by atoms with Crippen molar-refractivity contribution in [3.05, 3.63) is 35.4 Å². The van der Waals surface area contributed by atoms with Gasteiger partial charge in [0.15, 0.2) is 0 Å². The highest BCUT2D eigenvalue weighted by atomic mass is 16.3. The number of aliphatic hydroxyl groups is 1. The lowest BCUT2D eigenvalue weighted by atomic mass is 10.0. The second-order valence-electron chi connectivity index (χ2n) is 6.33. The zero-order chi connectivity index (χ0) is 14.8. The van der Waals surface area contributed by atoms with Crippen molar-refractivity contribution in [1.82, 2.24) is 10.2 Å². The maximum absolute atomic E-state index is 12.2. The summed E-state index contributed by atoms with van der Waals surface area (Å²) in [6.07, 6.45) is 1.61. The van der Waals surface area contributed by atoms with E-state index in [1.807, 2.05) is 31.1 Å². The van der Waals surface area contributed by atoms with E-state index in [2.05, 4.69) is 17.4 Å². The highest BCUT2D eigenvalue weighted by molar-refractivity contribution is 5.80. The van der Waals surface area contributed by atoms with E-state index in [0.717, 1.165) is 12.8 Å². The minimum absolute atomic E-state index is 0.00237. The van der Waals surface area contributed by atoms with Gasteiger partial charge in [-0.3, -0.25) is 4.79 Å². The Morgan fingerprint density at radius 3 is 2.40 bits per heavy atom. The largest absolute Gasteiger partial charge is 0.387 e. The van der Waals surface area contributed by atoms with E-state index in [0.29, 0.717) is 6.54 Å². The number of fused-ring (bicyclic) bond motifs is 1. The van der Waals surface area contributed by atoms with Crippen LogP contribution in [0.2, 0.25) is 0 Å². The molecule has 1 aliphatic carbocycles. The molecule has 0 bridgehead atoms. The molecule has 0 radical (unpaired) electrons. The maximum Gasteiger partial charge on any atom is 0.223 e. The zero-order valence-corrected chi connectivity index (χ0v) is 12.5.